The minimum Gasteiger partial charge on any atom is -0.487 e. The van der Waals surface area contributed by atoms with E-state index in [4.69, 9.17) is 9.47 Å². The predicted molar refractivity (Wildman–Crippen MR) is 137 cm³/mol. The number of carbonyl (C=O) groups is 1. The largest absolute Gasteiger partial charge is 0.487 e. The second-order valence-corrected chi connectivity index (χ2v) is 9.18. The SMILES string of the molecule is CCC(CC)c1nn2c(=O)cc(COc3ccc(NC(=O)COc4ccc(C)cc4)cc3)nc2s1. The molecule has 0 unspecified atom stereocenters. The van der Waals surface area contributed by atoms with Crippen molar-refractivity contribution >= 4 is 27.9 Å². The first kappa shape index (κ1) is 24.4. The van der Waals surface area contributed by atoms with Gasteiger partial charge in [0.15, 0.2) is 6.61 Å². The van der Waals surface area contributed by atoms with Crippen LogP contribution in [0, 0.1) is 6.92 Å². The van der Waals surface area contributed by atoms with Crippen LogP contribution in [0.1, 0.15) is 48.9 Å². The molecule has 0 aliphatic rings. The highest BCUT2D eigenvalue weighted by Crippen LogP contribution is 2.26. The van der Waals surface area contributed by atoms with E-state index in [1.807, 2.05) is 31.2 Å². The summed E-state index contributed by atoms with van der Waals surface area (Å²) < 4.78 is 12.7. The van der Waals surface area contributed by atoms with Gasteiger partial charge in [0.25, 0.3) is 11.5 Å². The van der Waals surface area contributed by atoms with Crippen molar-refractivity contribution < 1.29 is 14.3 Å². The molecule has 0 fully saturated rings. The molecule has 2 heterocycles. The summed E-state index contributed by atoms with van der Waals surface area (Å²) in [5.41, 5.74) is 2.09. The zero-order valence-electron chi connectivity index (χ0n) is 20.0. The third-order valence-electron chi connectivity index (χ3n) is 5.56. The maximum atomic E-state index is 12.5. The second kappa shape index (κ2) is 11.1. The summed E-state index contributed by atoms with van der Waals surface area (Å²) in [6, 6.07) is 16.0. The topological polar surface area (TPSA) is 94.8 Å². The number of ether oxygens (including phenoxy) is 2. The Bertz CT molecular complexity index is 1340. The molecule has 8 nitrogen and oxygen atoms in total. The van der Waals surface area contributed by atoms with E-state index in [1.165, 1.54) is 21.9 Å². The van der Waals surface area contributed by atoms with Crippen molar-refractivity contribution in [2.75, 3.05) is 11.9 Å². The first-order valence-electron chi connectivity index (χ1n) is 11.6. The number of anilines is 1. The van der Waals surface area contributed by atoms with Crippen LogP contribution in [0.15, 0.2) is 59.4 Å². The quantitative estimate of drug-likeness (QED) is 0.336. The average molecular weight is 493 g/mol. The third-order valence-corrected chi connectivity index (χ3v) is 6.64. The Morgan fingerprint density at radius 1 is 1.03 bits per heavy atom. The van der Waals surface area contributed by atoms with Gasteiger partial charge in [0, 0.05) is 17.7 Å². The van der Waals surface area contributed by atoms with Gasteiger partial charge in [-0.25, -0.2) is 4.98 Å². The molecule has 0 aliphatic carbocycles. The summed E-state index contributed by atoms with van der Waals surface area (Å²) in [5.74, 6) is 1.32. The summed E-state index contributed by atoms with van der Waals surface area (Å²) in [7, 11) is 0. The number of nitrogens with zero attached hydrogens (tertiary/aromatic N) is 3. The molecule has 0 radical (unpaired) electrons. The van der Waals surface area contributed by atoms with Crippen LogP contribution in [0.2, 0.25) is 0 Å². The Kier molecular flexibility index (Phi) is 7.77. The van der Waals surface area contributed by atoms with Crippen molar-refractivity contribution in [1.29, 1.82) is 0 Å². The lowest BCUT2D eigenvalue weighted by molar-refractivity contribution is -0.118. The Balaban J connectivity index is 1.32. The first-order chi connectivity index (χ1) is 16.9. The van der Waals surface area contributed by atoms with Gasteiger partial charge in [-0.3, -0.25) is 9.59 Å². The lowest BCUT2D eigenvalue weighted by atomic mass is 10.1. The Morgan fingerprint density at radius 3 is 2.37 bits per heavy atom. The molecule has 1 N–H and O–H groups in total. The number of amides is 1. The van der Waals surface area contributed by atoms with Crippen molar-refractivity contribution in [2.24, 2.45) is 0 Å². The lowest BCUT2D eigenvalue weighted by Crippen LogP contribution is -2.20. The third kappa shape index (κ3) is 6.24. The van der Waals surface area contributed by atoms with E-state index >= 15 is 0 Å². The van der Waals surface area contributed by atoms with Gasteiger partial charge in [-0.2, -0.15) is 9.61 Å². The Morgan fingerprint density at radius 2 is 1.69 bits per heavy atom. The summed E-state index contributed by atoms with van der Waals surface area (Å²) in [6.45, 7) is 6.30. The molecule has 1 amide bonds. The molecular formula is C26H28N4O4S. The van der Waals surface area contributed by atoms with Crippen LogP contribution in [0.4, 0.5) is 5.69 Å². The van der Waals surface area contributed by atoms with E-state index in [0.29, 0.717) is 33.8 Å². The fourth-order valence-electron chi connectivity index (χ4n) is 3.52. The molecule has 0 saturated heterocycles. The van der Waals surface area contributed by atoms with Crippen LogP contribution in [0.25, 0.3) is 4.96 Å². The molecule has 0 bridgehead atoms. The fraction of sp³-hybridized carbons (Fsp3) is 0.308. The van der Waals surface area contributed by atoms with E-state index in [1.54, 1.807) is 24.3 Å². The fourth-order valence-corrected chi connectivity index (χ4v) is 4.71. The van der Waals surface area contributed by atoms with Crippen LogP contribution in [0.5, 0.6) is 11.5 Å². The number of aromatic nitrogens is 3. The molecule has 0 atom stereocenters. The van der Waals surface area contributed by atoms with Crippen molar-refractivity contribution in [1.82, 2.24) is 14.6 Å². The Hall–Kier alpha value is -3.72. The molecule has 0 saturated carbocycles. The maximum Gasteiger partial charge on any atom is 0.275 e. The molecule has 4 rings (SSSR count). The summed E-state index contributed by atoms with van der Waals surface area (Å²) in [4.78, 5) is 29.8. The molecular weight excluding hydrogens is 464 g/mol. The van der Waals surface area contributed by atoms with E-state index < -0.39 is 0 Å². The van der Waals surface area contributed by atoms with E-state index in [0.717, 1.165) is 23.4 Å². The van der Waals surface area contributed by atoms with Gasteiger partial charge < -0.3 is 14.8 Å². The molecule has 2 aromatic carbocycles. The number of fused-ring (bicyclic) bond motifs is 1. The van der Waals surface area contributed by atoms with Crippen molar-refractivity contribution in [3.05, 3.63) is 81.2 Å². The molecule has 0 aliphatic heterocycles. The van der Waals surface area contributed by atoms with Crippen LogP contribution >= 0.6 is 11.3 Å². The zero-order valence-corrected chi connectivity index (χ0v) is 20.8. The predicted octanol–water partition coefficient (Wildman–Crippen LogP) is 4.96. The monoisotopic (exact) mass is 492 g/mol. The van der Waals surface area contributed by atoms with Gasteiger partial charge in [0.2, 0.25) is 4.96 Å². The average Bonchev–Trinajstić information content (AvgIpc) is 3.28. The summed E-state index contributed by atoms with van der Waals surface area (Å²) in [6.07, 6.45) is 1.94. The summed E-state index contributed by atoms with van der Waals surface area (Å²) >= 11 is 1.45. The van der Waals surface area contributed by atoms with Gasteiger partial charge in [-0.1, -0.05) is 42.9 Å². The van der Waals surface area contributed by atoms with Crippen molar-refractivity contribution in [3.8, 4) is 11.5 Å². The highest BCUT2D eigenvalue weighted by Gasteiger charge is 2.15. The molecule has 35 heavy (non-hydrogen) atoms. The molecule has 0 spiro atoms. The van der Waals surface area contributed by atoms with Gasteiger partial charge in [0.05, 0.1) is 5.69 Å². The van der Waals surface area contributed by atoms with E-state index in [2.05, 4.69) is 29.2 Å². The normalized spacial score (nSPS) is 11.1. The number of hydrogen-bond donors (Lipinski definition) is 1. The van der Waals surface area contributed by atoms with Crippen molar-refractivity contribution in [3.63, 3.8) is 0 Å². The van der Waals surface area contributed by atoms with Gasteiger partial charge >= 0.3 is 0 Å². The molecule has 182 valence electrons. The first-order valence-corrected chi connectivity index (χ1v) is 12.4. The maximum absolute atomic E-state index is 12.5. The van der Waals surface area contributed by atoms with Crippen LogP contribution < -0.4 is 20.3 Å². The van der Waals surface area contributed by atoms with Crippen molar-refractivity contribution in [2.45, 2.75) is 46.1 Å². The number of benzene rings is 2. The number of rotatable bonds is 10. The molecule has 4 aromatic rings. The second-order valence-electron chi connectivity index (χ2n) is 8.20. The zero-order chi connectivity index (χ0) is 24.8. The minimum atomic E-state index is -0.255. The smallest absolute Gasteiger partial charge is 0.275 e. The molecule has 9 heteroatoms. The van der Waals surface area contributed by atoms with Gasteiger partial charge in [0.1, 0.15) is 23.1 Å². The summed E-state index contributed by atoms with van der Waals surface area (Å²) in [5, 5.41) is 8.18. The number of nitrogens with one attached hydrogen (secondary N) is 1. The van der Waals surface area contributed by atoms with Crippen LogP contribution in [-0.4, -0.2) is 27.1 Å². The highest BCUT2D eigenvalue weighted by atomic mass is 32.1. The highest BCUT2D eigenvalue weighted by molar-refractivity contribution is 7.16. The number of aryl methyl sites for hydroxylation is 1. The lowest BCUT2D eigenvalue weighted by Gasteiger charge is -2.09. The van der Waals surface area contributed by atoms with Crippen LogP contribution in [0.3, 0.4) is 0 Å². The molecule has 2 aromatic heterocycles. The van der Waals surface area contributed by atoms with E-state index in [-0.39, 0.29) is 24.7 Å². The van der Waals surface area contributed by atoms with E-state index in [9.17, 15) is 9.59 Å². The minimum absolute atomic E-state index is 0.0818. The number of carbonyl (C=O) groups excluding carboxylic acids is 1. The standard InChI is InChI=1S/C26H28N4O4S/c1-4-18(5-2)25-29-30-24(32)14-20(28-26(30)35-25)15-33-22-12-8-19(9-13-22)27-23(31)16-34-21-10-6-17(3)7-11-21/h6-14,18H,4-5,15-16H2,1-3H3,(H,27,31). The van der Waals surface area contributed by atoms with Gasteiger partial charge in [-0.15, -0.1) is 0 Å². The Labute approximate surface area is 207 Å². The van der Waals surface area contributed by atoms with Gasteiger partial charge in [-0.05, 0) is 56.2 Å². The van der Waals surface area contributed by atoms with Crippen LogP contribution in [-0.2, 0) is 11.4 Å². The number of hydrogen-bond acceptors (Lipinski definition) is 7.